The Hall–Kier alpha value is -1.88. The van der Waals surface area contributed by atoms with E-state index in [1.807, 2.05) is 0 Å². The van der Waals surface area contributed by atoms with E-state index in [1.165, 1.54) is 4.90 Å². The van der Waals surface area contributed by atoms with Gasteiger partial charge in [-0.25, -0.2) is 0 Å². The zero-order chi connectivity index (χ0) is 12.6. The number of nitrogens with two attached hydrogens (primary N) is 1. The van der Waals surface area contributed by atoms with Gasteiger partial charge in [-0.1, -0.05) is 0 Å². The molecule has 0 spiro atoms. The molecule has 1 heterocycles. The van der Waals surface area contributed by atoms with Crippen LogP contribution in [0.3, 0.4) is 0 Å². The van der Waals surface area contributed by atoms with Crippen molar-refractivity contribution in [3.05, 3.63) is 23.8 Å². The second-order valence-electron chi connectivity index (χ2n) is 3.97. The van der Waals surface area contributed by atoms with Gasteiger partial charge in [0, 0.05) is 12.6 Å². The highest BCUT2D eigenvalue weighted by atomic mass is 16.5. The summed E-state index contributed by atoms with van der Waals surface area (Å²) in [6.07, 6.45) is -0.497. The van der Waals surface area contributed by atoms with Crippen LogP contribution in [0, 0.1) is 0 Å². The smallest absolute Gasteiger partial charge is 0.267 e. The Kier molecular flexibility index (Phi) is 2.85. The van der Waals surface area contributed by atoms with Gasteiger partial charge in [-0.3, -0.25) is 9.59 Å². The van der Waals surface area contributed by atoms with Crippen molar-refractivity contribution in [2.75, 3.05) is 18.5 Å². The van der Waals surface area contributed by atoms with E-state index < -0.39 is 6.10 Å². The number of hydrogen-bond acceptors (Lipinski definition) is 4. The van der Waals surface area contributed by atoms with E-state index in [0.717, 1.165) is 0 Å². The third kappa shape index (κ3) is 1.89. The second kappa shape index (κ2) is 4.18. The van der Waals surface area contributed by atoms with E-state index in [4.69, 9.17) is 10.5 Å². The molecule has 0 aromatic heterocycles. The third-order valence-corrected chi connectivity index (χ3v) is 2.81. The van der Waals surface area contributed by atoms with Crippen molar-refractivity contribution in [2.45, 2.75) is 13.0 Å². The van der Waals surface area contributed by atoms with Gasteiger partial charge < -0.3 is 15.4 Å². The molecule has 1 aliphatic heterocycles. The highest BCUT2D eigenvalue weighted by Gasteiger charge is 2.29. The van der Waals surface area contributed by atoms with Gasteiger partial charge in [0.05, 0.1) is 12.2 Å². The van der Waals surface area contributed by atoms with Crippen LogP contribution in [-0.2, 0) is 4.79 Å². The molecule has 1 aliphatic rings. The number of ketones is 1. The lowest BCUT2D eigenvalue weighted by Crippen LogP contribution is -2.42. The van der Waals surface area contributed by atoms with Crippen LogP contribution in [0.15, 0.2) is 18.2 Å². The molecule has 1 aromatic rings. The van der Waals surface area contributed by atoms with Crippen LogP contribution in [0.5, 0.6) is 5.75 Å². The summed E-state index contributed by atoms with van der Waals surface area (Å²) in [5.74, 6) is 0.315. The maximum atomic E-state index is 11.7. The number of anilines is 1. The Morgan fingerprint density at radius 2 is 2.24 bits per heavy atom. The minimum absolute atomic E-state index is 0.0479. The number of fused-ring (bicyclic) bond motifs is 1. The van der Waals surface area contributed by atoms with Gasteiger partial charge in [0.2, 0.25) is 0 Å². The maximum Gasteiger partial charge on any atom is 0.267 e. The highest BCUT2D eigenvalue weighted by molar-refractivity contribution is 6.03. The van der Waals surface area contributed by atoms with E-state index in [-0.39, 0.29) is 18.2 Å². The predicted molar refractivity (Wildman–Crippen MR) is 63.3 cm³/mol. The van der Waals surface area contributed by atoms with Crippen molar-refractivity contribution in [1.29, 1.82) is 0 Å². The average Bonchev–Trinajstić information content (AvgIpc) is 2.35. The van der Waals surface area contributed by atoms with Gasteiger partial charge in [-0.05, 0) is 25.1 Å². The first kappa shape index (κ1) is 11.6. The summed E-state index contributed by atoms with van der Waals surface area (Å²) in [6, 6.07) is 4.98. The fraction of sp³-hybridized carbons (Fsp3) is 0.333. The molecule has 2 rings (SSSR count). The van der Waals surface area contributed by atoms with Gasteiger partial charge in [-0.15, -0.1) is 0 Å². The number of hydrogen-bond donors (Lipinski definition) is 1. The number of carbonyl (C=O) groups excluding carboxylic acids is 2. The maximum absolute atomic E-state index is 11.7. The first-order valence-corrected chi connectivity index (χ1v) is 5.36. The predicted octanol–water partition coefficient (Wildman–Crippen LogP) is 0.572. The Bertz CT molecular complexity index is 485. The molecule has 0 radical (unpaired) electrons. The number of likely N-dealkylation sites (N-methyl/N-ethyl adjacent to an activating group) is 1. The number of ether oxygens (including phenoxy) is 1. The Morgan fingerprint density at radius 1 is 1.53 bits per heavy atom. The second-order valence-corrected chi connectivity index (χ2v) is 3.97. The summed E-state index contributed by atoms with van der Waals surface area (Å²) in [6.45, 7) is 1.65. The largest absolute Gasteiger partial charge is 0.479 e. The monoisotopic (exact) mass is 234 g/mol. The molecule has 0 aliphatic carbocycles. The molecule has 1 aromatic carbocycles. The lowest BCUT2D eigenvalue weighted by atomic mass is 10.1. The summed E-state index contributed by atoms with van der Waals surface area (Å²) >= 11 is 0. The van der Waals surface area contributed by atoms with Gasteiger partial charge in [0.1, 0.15) is 5.75 Å². The number of rotatable bonds is 2. The molecule has 0 fully saturated rings. The molecule has 1 unspecified atom stereocenters. The van der Waals surface area contributed by atoms with Crippen molar-refractivity contribution >= 4 is 17.4 Å². The number of benzene rings is 1. The number of nitrogens with zero attached hydrogens (tertiary/aromatic N) is 1. The topological polar surface area (TPSA) is 72.6 Å². The zero-order valence-corrected chi connectivity index (χ0v) is 9.77. The van der Waals surface area contributed by atoms with Crippen molar-refractivity contribution < 1.29 is 14.3 Å². The van der Waals surface area contributed by atoms with Crippen LogP contribution < -0.4 is 15.4 Å². The summed E-state index contributed by atoms with van der Waals surface area (Å²) in [4.78, 5) is 24.7. The molecule has 5 heteroatoms. The SMILES string of the molecule is CC1Oc2ccc(C(=O)CN)cc2N(C)C1=O. The minimum Gasteiger partial charge on any atom is -0.479 e. The fourth-order valence-corrected chi connectivity index (χ4v) is 1.80. The van der Waals surface area contributed by atoms with E-state index in [0.29, 0.717) is 17.0 Å². The van der Waals surface area contributed by atoms with Crippen LogP contribution in [0.2, 0.25) is 0 Å². The molecule has 0 saturated carbocycles. The van der Waals surface area contributed by atoms with Gasteiger partial charge >= 0.3 is 0 Å². The molecule has 0 bridgehead atoms. The van der Waals surface area contributed by atoms with Crippen LogP contribution in [-0.4, -0.2) is 31.4 Å². The molecular weight excluding hydrogens is 220 g/mol. The lowest BCUT2D eigenvalue weighted by molar-refractivity contribution is -0.125. The minimum atomic E-state index is -0.497. The first-order valence-electron chi connectivity index (χ1n) is 5.36. The molecule has 1 amide bonds. The molecular formula is C12H14N2O3. The lowest BCUT2D eigenvalue weighted by Gasteiger charge is -2.30. The first-order chi connectivity index (χ1) is 8.04. The third-order valence-electron chi connectivity index (χ3n) is 2.81. The molecule has 1 atom stereocenters. The molecule has 90 valence electrons. The number of amides is 1. The summed E-state index contributed by atoms with van der Waals surface area (Å²) < 4.78 is 5.45. The van der Waals surface area contributed by atoms with E-state index in [2.05, 4.69) is 0 Å². The van der Waals surface area contributed by atoms with Crippen LogP contribution in [0.1, 0.15) is 17.3 Å². The highest BCUT2D eigenvalue weighted by Crippen LogP contribution is 2.33. The van der Waals surface area contributed by atoms with Gasteiger partial charge in [0.15, 0.2) is 11.9 Å². The van der Waals surface area contributed by atoms with Crippen molar-refractivity contribution in [1.82, 2.24) is 0 Å². The quantitative estimate of drug-likeness (QED) is 0.759. The van der Waals surface area contributed by atoms with Gasteiger partial charge in [0.25, 0.3) is 5.91 Å². The summed E-state index contributed by atoms with van der Waals surface area (Å²) in [5, 5.41) is 0. The van der Waals surface area contributed by atoms with Crippen molar-refractivity contribution in [2.24, 2.45) is 5.73 Å². The molecule has 0 saturated heterocycles. The normalized spacial score (nSPS) is 18.6. The molecule has 2 N–H and O–H groups in total. The Morgan fingerprint density at radius 3 is 2.88 bits per heavy atom. The molecule has 17 heavy (non-hydrogen) atoms. The van der Waals surface area contributed by atoms with Crippen molar-refractivity contribution in [3.63, 3.8) is 0 Å². The number of carbonyl (C=O) groups is 2. The Balaban J connectivity index is 2.45. The fourth-order valence-electron chi connectivity index (χ4n) is 1.80. The van der Waals surface area contributed by atoms with Gasteiger partial charge in [-0.2, -0.15) is 0 Å². The molecule has 5 nitrogen and oxygen atoms in total. The van der Waals surface area contributed by atoms with Crippen LogP contribution in [0.25, 0.3) is 0 Å². The summed E-state index contributed by atoms with van der Waals surface area (Å²) in [5.41, 5.74) is 6.40. The van der Waals surface area contributed by atoms with Crippen LogP contribution in [0.4, 0.5) is 5.69 Å². The number of Topliss-reactive ketones (excluding diaryl/α,β-unsaturated/α-hetero) is 1. The zero-order valence-electron chi connectivity index (χ0n) is 9.77. The van der Waals surface area contributed by atoms with E-state index in [9.17, 15) is 9.59 Å². The van der Waals surface area contributed by atoms with Crippen LogP contribution >= 0.6 is 0 Å². The van der Waals surface area contributed by atoms with Crippen molar-refractivity contribution in [3.8, 4) is 5.75 Å². The summed E-state index contributed by atoms with van der Waals surface area (Å²) in [7, 11) is 1.66. The van der Waals surface area contributed by atoms with E-state index >= 15 is 0 Å². The van der Waals surface area contributed by atoms with E-state index in [1.54, 1.807) is 32.2 Å². The Labute approximate surface area is 99.2 Å². The standard InChI is InChI=1S/C12H14N2O3/c1-7-12(16)14(2)9-5-8(10(15)6-13)3-4-11(9)17-7/h3-5,7H,6,13H2,1-2H3. The average molecular weight is 234 g/mol.